The molecule has 0 amide bonds. The Morgan fingerprint density at radius 1 is 0.343 bits per heavy atom. The molecule has 2 aromatic heterocycles. The number of furan rings is 1. The topological polar surface area (TPSA) is 21.3 Å². The van der Waals surface area contributed by atoms with E-state index in [9.17, 15) is 0 Å². The van der Waals surface area contributed by atoms with E-state index in [1.807, 2.05) is 6.07 Å². The summed E-state index contributed by atoms with van der Waals surface area (Å²) in [5.41, 5.74) is 22.7. The lowest BCUT2D eigenvalue weighted by Crippen LogP contribution is -2.33. The van der Waals surface area contributed by atoms with Crippen LogP contribution in [-0.4, -0.2) is 4.57 Å². The number of nitrogens with zero attached hydrogens (tertiary/aromatic N) is 2. The van der Waals surface area contributed by atoms with E-state index in [4.69, 9.17) is 4.42 Å². The maximum Gasteiger partial charge on any atom is 0.143 e. The van der Waals surface area contributed by atoms with E-state index in [0.717, 1.165) is 61.3 Å². The molecule has 326 valence electrons. The van der Waals surface area contributed by atoms with Gasteiger partial charge in [0.2, 0.25) is 0 Å². The summed E-state index contributed by atoms with van der Waals surface area (Å²) in [6, 6.07) is 93.6. The highest BCUT2D eigenvalue weighted by Gasteiger charge is 2.51. The molecule has 1 spiro atoms. The lowest BCUT2D eigenvalue weighted by molar-refractivity contribution is 0.670. The van der Waals surface area contributed by atoms with Crippen molar-refractivity contribution in [2.45, 2.75) is 5.41 Å². The van der Waals surface area contributed by atoms with Crippen molar-refractivity contribution in [1.29, 1.82) is 0 Å². The Balaban J connectivity index is 0.985. The first-order valence-electron chi connectivity index (χ1n) is 24.2. The summed E-state index contributed by atoms with van der Waals surface area (Å²) in [6.45, 7) is 0. The van der Waals surface area contributed by atoms with Gasteiger partial charge < -0.3 is 13.9 Å². The summed E-state index contributed by atoms with van der Waals surface area (Å²) in [6.07, 6.45) is 0. The third-order valence-corrected chi connectivity index (χ3v) is 15.2. The van der Waals surface area contributed by atoms with Crippen LogP contribution in [0.5, 0.6) is 0 Å². The van der Waals surface area contributed by atoms with Gasteiger partial charge in [-0.1, -0.05) is 212 Å². The molecule has 1 aliphatic heterocycles. The van der Waals surface area contributed by atoms with Gasteiger partial charge in [0.1, 0.15) is 11.2 Å². The fraction of sp³-hybridized carbons (Fsp3) is 0.0149. The second-order valence-corrected chi connectivity index (χ2v) is 18.7. The minimum atomic E-state index is -0.587. The minimum absolute atomic E-state index is 0.587. The van der Waals surface area contributed by atoms with E-state index in [1.54, 1.807) is 0 Å². The largest absolute Gasteiger partial charge is 0.455 e. The quantitative estimate of drug-likeness (QED) is 0.166. The van der Waals surface area contributed by atoms with Gasteiger partial charge in [0.25, 0.3) is 0 Å². The zero-order valence-electron chi connectivity index (χ0n) is 38.1. The van der Waals surface area contributed by atoms with Crippen molar-refractivity contribution >= 4 is 60.8 Å². The molecule has 0 bridgehead atoms. The number of hydrogen-bond acceptors (Lipinski definition) is 2. The Morgan fingerprint density at radius 3 is 1.77 bits per heavy atom. The summed E-state index contributed by atoms with van der Waals surface area (Å²) >= 11 is 0. The molecular weight excluding hydrogens is 849 g/mol. The fourth-order valence-electron chi connectivity index (χ4n) is 12.3. The van der Waals surface area contributed by atoms with E-state index in [1.165, 1.54) is 72.0 Å². The van der Waals surface area contributed by atoms with Crippen molar-refractivity contribution in [3.8, 4) is 50.2 Å². The maximum absolute atomic E-state index is 6.57. The lowest BCUT2D eigenvalue weighted by Gasteiger charge is -2.39. The molecule has 0 N–H and O–H groups in total. The number of aromatic nitrogens is 1. The second kappa shape index (κ2) is 14.9. The zero-order chi connectivity index (χ0) is 45.9. The molecule has 1 unspecified atom stereocenters. The molecule has 15 rings (SSSR count). The van der Waals surface area contributed by atoms with Gasteiger partial charge in [-0.2, -0.15) is 0 Å². The first-order valence-corrected chi connectivity index (χ1v) is 24.2. The Bertz CT molecular complexity index is 4240. The van der Waals surface area contributed by atoms with E-state index in [0.29, 0.717) is 0 Å². The summed E-state index contributed by atoms with van der Waals surface area (Å²) < 4.78 is 9.08. The molecule has 70 heavy (non-hydrogen) atoms. The van der Waals surface area contributed by atoms with Crippen molar-refractivity contribution < 1.29 is 4.42 Å². The molecule has 0 fully saturated rings. The van der Waals surface area contributed by atoms with E-state index < -0.39 is 5.41 Å². The number of hydrogen-bond donors (Lipinski definition) is 0. The minimum Gasteiger partial charge on any atom is -0.455 e. The van der Waals surface area contributed by atoms with Crippen molar-refractivity contribution in [2.75, 3.05) is 4.90 Å². The molecule has 11 aromatic carbocycles. The van der Waals surface area contributed by atoms with Crippen molar-refractivity contribution in [1.82, 2.24) is 4.57 Å². The van der Waals surface area contributed by atoms with Crippen LogP contribution in [0.1, 0.15) is 22.3 Å². The van der Waals surface area contributed by atoms with E-state index in [2.05, 4.69) is 258 Å². The van der Waals surface area contributed by atoms with Crippen molar-refractivity contribution in [3.63, 3.8) is 0 Å². The average molecular weight is 891 g/mol. The van der Waals surface area contributed by atoms with Crippen LogP contribution >= 0.6 is 0 Å². The van der Waals surface area contributed by atoms with Crippen molar-refractivity contribution in [3.05, 3.63) is 277 Å². The monoisotopic (exact) mass is 890 g/mol. The van der Waals surface area contributed by atoms with Crippen LogP contribution in [-0.2, 0) is 5.41 Å². The van der Waals surface area contributed by atoms with Crippen LogP contribution in [0, 0.1) is 0 Å². The Hall–Kier alpha value is -9.18. The molecular formula is C67H42N2O. The van der Waals surface area contributed by atoms with E-state index >= 15 is 0 Å². The average Bonchev–Trinajstić information content (AvgIpc) is 4.09. The van der Waals surface area contributed by atoms with Crippen LogP contribution in [0.4, 0.5) is 17.1 Å². The standard InChI is InChI=1S/C67H42N2O/c1-2-17-43(18-3-1)44-35-37-45(38-36-44)48-19-5-10-30-59(48)68(47-41-39-46(40-42-47)49-23-14-25-53-51-21-7-13-34-63(51)70-66(49)53)62-33-16-28-57-64(62)54-22-4-8-26-55(54)67(57)56-27-9-12-32-61(56)69-60-31-11-6-20-50(60)52-24-15-29-58(67)65(52)69/h1-42H. The van der Waals surface area contributed by atoms with Gasteiger partial charge >= 0.3 is 0 Å². The molecule has 3 nitrogen and oxygen atoms in total. The van der Waals surface area contributed by atoms with Gasteiger partial charge in [-0.25, -0.2) is 0 Å². The third kappa shape index (κ3) is 5.34. The summed E-state index contributed by atoms with van der Waals surface area (Å²) in [4.78, 5) is 2.51. The number of para-hydroxylation sites is 6. The van der Waals surface area contributed by atoms with Gasteiger partial charge in [-0.05, 0) is 92.5 Å². The molecule has 1 atom stereocenters. The first-order chi connectivity index (χ1) is 34.8. The van der Waals surface area contributed by atoms with Crippen LogP contribution in [0.3, 0.4) is 0 Å². The van der Waals surface area contributed by atoms with Crippen LogP contribution in [0.25, 0.3) is 93.9 Å². The highest BCUT2D eigenvalue weighted by atomic mass is 16.3. The third-order valence-electron chi connectivity index (χ3n) is 15.2. The Morgan fingerprint density at radius 2 is 0.900 bits per heavy atom. The van der Waals surface area contributed by atoms with Crippen LogP contribution < -0.4 is 4.90 Å². The molecule has 0 saturated carbocycles. The smallest absolute Gasteiger partial charge is 0.143 e. The number of benzene rings is 11. The summed E-state index contributed by atoms with van der Waals surface area (Å²) in [5, 5.41) is 4.80. The number of anilines is 3. The van der Waals surface area contributed by atoms with Crippen LogP contribution in [0.15, 0.2) is 259 Å². The zero-order valence-corrected chi connectivity index (χ0v) is 38.1. The van der Waals surface area contributed by atoms with Crippen LogP contribution in [0.2, 0.25) is 0 Å². The predicted octanol–water partition coefficient (Wildman–Crippen LogP) is 17.8. The molecule has 1 aliphatic carbocycles. The van der Waals surface area contributed by atoms with Gasteiger partial charge in [-0.15, -0.1) is 0 Å². The number of rotatable bonds is 6. The molecule has 0 saturated heterocycles. The molecule has 2 aliphatic rings. The normalized spacial score (nSPS) is 14.3. The second-order valence-electron chi connectivity index (χ2n) is 18.7. The van der Waals surface area contributed by atoms with Crippen molar-refractivity contribution in [2.24, 2.45) is 0 Å². The van der Waals surface area contributed by atoms with E-state index in [-0.39, 0.29) is 0 Å². The Kier molecular flexibility index (Phi) is 8.28. The fourth-order valence-corrected chi connectivity index (χ4v) is 12.3. The summed E-state index contributed by atoms with van der Waals surface area (Å²) in [5.74, 6) is 0. The summed E-state index contributed by atoms with van der Waals surface area (Å²) in [7, 11) is 0. The predicted molar refractivity (Wildman–Crippen MR) is 290 cm³/mol. The Labute approximate surface area is 405 Å². The number of fused-ring (bicyclic) bond motifs is 15. The highest BCUT2D eigenvalue weighted by molar-refractivity contribution is 6.14. The lowest BCUT2D eigenvalue weighted by atomic mass is 9.65. The van der Waals surface area contributed by atoms with Gasteiger partial charge in [0.15, 0.2) is 0 Å². The molecule has 13 aromatic rings. The van der Waals surface area contributed by atoms with Gasteiger partial charge in [0, 0.05) is 43.9 Å². The molecule has 0 radical (unpaired) electrons. The maximum atomic E-state index is 6.57. The SMILES string of the molecule is c1ccc(-c2ccc(-c3ccccc3N(c3ccc(-c4cccc5c4oc4ccccc45)cc3)c3cccc4c3-c3ccccc3C43c4ccccc4-n4c5ccccc5c5cccc3c54)cc2)cc1. The highest BCUT2D eigenvalue weighted by Crippen LogP contribution is 2.63. The van der Waals surface area contributed by atoms with Gasteiger partial charge in [-0.3, -0.25) is 0 Å². The first kappa shape index (κ1) is 38.9. The molecule has 3 heteroatoms. The van der Waals surface area contributed by atoms with Gasteiger partial charge in [0.05, 0.1) is 33.5 Å². The molecule has 3 heterocycles.